The van der Waals surface area contributed by atoms with E-state index < -0.39 is 25.8 Å². The van der Waals surface area contributed by atoms with Gasteiger partial charge in [-0.2, -0.15) is 0 Å². The van der Waals surface area contributed by atoms with E-state index >= 15 is 0 Å². The normalized spacial score (nSPS) is 10.1. The van der Waals surface area contributed by atoms with Crippen molar-refractivity contribution in [2.45, 2.75) is 0 Å². The fourth-order valence-corrected chi connectivity index (χ4v) is 8.25. The van der Waals surface area contributed by atoms with Gasteiger partial charge in [-0.15, -0.1) is 0 Å². The molecule has 0 N–H and O–H groups in total. The molecule has 9 aromatic rings. The van der Waals surface area contributed by atoms with Gasteiger partial charge in [-0.05, 0) is 109 Å². The third-order valence-corrected chi connectivity index (χ3v) is 11.5. The maximum atomic E-state index is 5.84. The van der Waals surface area contributed by atoms with Crippen LogP contribution in [0.5, 0.6) is 51.7 Å². The fourth-order valence-electron chi connectivity index (χ4n) is 5.27. The Hall–Kier alpha value is -6.33. The average molecular weight is 1100 g/mol. The van der Waals surface area contributed by atoms with Gasteiger partial charge in [0.2, 0.25) is 0 Å². The molecule has 0 heterocycles. The van der Waals surface area contributed by atoms with E-state index in [1.807, 2.05) is 273 Å². The summed E-state index contributed by atoms with van der Waals surface area (Å²) in [6.07, 6.45) is 0. The standard InChI is InChI=1S/3C18H15O3P.2ClH.Ru/c3*1-4-10-16(11-5-1)19-22(20-17-12-6-2-7-13-17)21-18-14-8-3-9-15-18;;;/h3*1-15H;2*1H;/q;;;;;+2/p-2. The van der Waals surface area contributed by atoms with E-state index in [9.17, 15) is 0 Å². The van der Waals surface area contributed by atoms with Crippen LogP contribution in [0.15, 0.2) is 273 Å². The zero-order chi connectivity index (χ0) is 47.8. The predicted molar refractivity (Wildman–Crippen MR) is 276 cm³/mol. The van der Waals surface area contributed by atoms with Crippen LogP contribution in [0.2, 0.25) is 0 Å². The zero-order valence-corrected chi connectivity index (χ0v) is 42.5. The molecule has 0 atom stereocenters. The van der Waals surface area contributed by atoms with Gasteiger partial charge in [-0.3, -0.25) is 0 Å². The van der Waals surface area contributed by atoms with Gasteiger partial charge in [0.1, 0.15) is 51.7 Å². The summed E-state index contributed by atoms with van der Waals surface area (Å²) in [5.41, 5.74) is 0. The average Bonchev–Trinajstić information content (AvgIpc) is 3.40. The maximum Gasteiger partial charge on any atom is 0.530 e. The van der Waals surface area contributed by atoms with E-state index in [-0.39, 0.29) is 15.1 Å². The first-order valence-corrected chi connectivity index (χ1v) is 28.7. The molecule has 0 unspecified atom stereocenters. The molecule has 0 amide bonds. The van der Waals surface area contributed by atoms with Crippen LogP contribution in [-0.2, 0) is 15.1 Å². The van der Waals surface area contributed by atoms with Gasteiger partial charge in [-0.1, -0.05) is 164 Å². The Kier molecular flexibility index (Phi) is 23.9. The molecule has 9 rings (SSSR count). The molecule has 352 valence electrons. The van der Waals surface area contributed by atoms with Crippen LogP contribution in [0.3, 0.4) is 0 Å². The summed E-state index contributed by atoms with van der Waals surface area (Å²) in [6.45, 7) is 0. The molecule has 0 spiro atoms. The Morgan fingerprint density at radius 2 is 0.275 bits per heavy atom. The summed E-state index contributed by atoms with van der Waals surface area (Å²) < 4.78 is 52.6. The van der Waals surface area contributed by atoms with E-state index in [1.165, 1.54) is 0 Å². The van der Waals surface area contributed by atoms with Crippen molar-refractivity contribution in [2.24, 2.45) is 0 Å². The summed E-state index contributed by atoms with van der Waals surface area (Å²) in [5, 5.41) is 0. The fraction of sp³-hybridized carbons (Fsp3) is 0. The van der Waals surface area contributed by atoms with Crippen LogP contribution in [0.4, 0.5) is 0 Å². The first kappa shape index (κ1) is 52.1. The summed E-state index contributed by atoms with van der Waals surface area (Å²) in [6, 6.07) is 85.5. The molecule has 0 saturated carbocycles. The van der Waals surface area contributed by atoms with E-state index in [0.29, 0.717) is 51.7 Å². The zero-order valence-electron chi connectivity index (χ0n) is 36.6. The molecule has 15 heteroatoms. The van der Waals surface area contributed by atoms with Gasteiger partial charge in [0.25, 0.3) is 0 Å². The second kappa shape index (κ2) is 31.7. The minimum Gasteiger partial charge on any atom is -0.409 e. The van der Waals surface area contributed by atoms with Crippen molar-refractivity contribution in [3.05, 3.63) is 273 Å². The molecule has 0 aliphatic heterocycles. The van der Waals surface area contributed by atoms with Crippen molar-refractivity contribution in [2.75, 3.05) is 0 Å². The Labute approximate surface area is 423 Å². The maximum absolute atomic E-state index is 5.84. The molecule has 0 aliphatic carbocycles. The first-order chi connectivity index (χ1) is 34.1. The molecule has 0 fully saturated rings. The summed E-state index contributed by atoms with van der Waals surface area (Å²) in [4.78, 5) is 0. The topological polar surface area (TPSA) is 83.1 Å². The Balaban J connectivity index is 0.000000165. The van der Waals surface area contributed by atoms with E-state index in [1.54, 1.807) is 0 Å². The number of rotatable bonds is 18. The van der Waals surface area contributed by atoms with Gasteiger partial charge in [0, 0.05) is 0 Å². The molecule has 9 aromatic carbocycles. The van der Waals surface area contributed by atoms with E-state index in [2.05, 4.69) is 0 Å². The number of hydrogen-bond acceptors (Lipinski definition) is 9. The van der Waals surface area contributed by atoms with Crippen LogP contribution in [0, 0.1) is 0 Å². The minimum absolute atomic E-state index is 0.346. The van der Waals surface area contributed by atoms with Crippen molar-refractivity contribution in [1.82, 2.24) is 0 Å². The Morgan fingerprint density at radius 1 is 0.188 bits per heavy atom. The number of para-hydroxylation sites is 9. The predicted octanol–water partition coefficient (Wildman–Crippen LogP) is 17.7. The summed E-state index contributed by atoms with van der Waals surface area (Å²) in [5.74, 6) is 6.38. The third kappa shape index (κ3) is 21.2. The Morgan fingerprint density at radius 3 is 0.362 bits per heavy atom. The largest absolute Gasteiger partial charge is 0.530 e. The van der Waals surface area contributed by atoms with E-state index in [0.717, 1.165) is 0 Å². The Bertz CT molecular complexity index is 2060. The second-order valence-corrected chi connectivity index (χ2v) is 19.0. The van der Waals surface area contributed by atoms with Gasteiger partial charge < -0.3 is 40.7 Å². The second-order valence-electron chi connectivity index (χ2n) is 13.4. The summed E-state index contributed by atoms with van der Waals surface area (Å²) in [7, 11) is 4.94. The van der Waals surface area contributed by atoms with Crippen molar-refractivity contribution in [3.63, 3.8) is 0 Å². The number of halogens is 2. The monoisotopic (exact) mass is 1100 g/mol. The minimum atomic E-state index is -1.59. The van der Waals surface area contributed by atoms with Crippen LogP contribution in [-0.4, -0.2) is 0 Å². The summed E-state index contributed by atoms with van der Waals surface area (Å²) >= 11 is -0.346. The van der Waals surface area contributed by atoms with Crippen molar-refractivity contribution >= 4 is 45.2 Å². The quantitative estimate of drug-likeness (QED) is 0.0616. The van der Waals surface area contributed by atoms with E-state index in [4.69, 9.17) is 60.1 Å². The molecular weight excluding hydrogens is 1060 g/mol. The SMILES string of the molecule is [Cl][Ru][Cl].c1ccc(OP(Oc2ccccc2)Oc2ccccc2)cc1.c1ccc(OP(Oc2ccccc2)Oc2ccccc2)cc1.c1ccc(OP(Oc2ccccc2)Oc2ccccc2)cc1. The molecule has 69 heavy (non-hydrogen) atoms. The van der Waals surface area contributed by atoms with Crippen LogP contribution in [0.1, 0.15) is 0 Å². The van der Waals surface area contributed by atoms with Gasteiger partial charge >= 0.3 is 60.3 Å². The molecule has 0 saturated heterocycles. The number of benzene rings is 9. The third-order valence-electron chi connectivity index (χ3n) is 8.31. The van der Waals surface area contributed by atoms with Crippen molar-refractivity contribution < 1.29 is 55.9 Å². The van der Waals surface area contributed by atoms with Crippen molar-refractivity contribution in [3.8, 4) is 51.7 Å². The molecule has 0 bridgehead atoms. The molecule has 0 aliphatic rings. The molecule has 0 aromatic heterocycles. The van der Waals surface area contributed by atoms with Crippen LogP contribution < -0.4 is 40.7 Å². The van der Waals surface area contributed by atoms with Crippen molar-refractivity contribution in [1.29, 1.82) is 0 Å². The van der Waals surface area contributed by atoms with Gasteiger partial charge in [0.15, 0.2) is 0 Å². The first-order valence-electron chi connectivity index (χ1n) is 20.9. The van der Waals surface area contributed by atoms with Crippen LogP contribution in [0.25, 0.3) is 0 Å². The molecule has 0 radical (unpaired) electrons. The smallest absolute Gasteiger partial charge is 0.409 e. The van der Waals surface area contributed by atoms with Gasteiger partial charge in [-0.25, -0.2) is 0 Å². The number of hydrogen-bond donors (Lipinski definition) is 0. The molecular formula is C54H45Cl2O9P3Ru. The molecule has 9 nitrogen and oxygen atoms in total. The van der Waals surface area contributed by atoms with Gasteiger partial charge in [0.05, 0.1) is 0 Å². The van der Waals surface area contributed by atoms with Crippen LogP contribution >= 0.6 is 45.2 Å².